The van der Waals surface area contributed by atoms with Crippen LogP contribution >= 0.6 is 15.9 Å². The van der Waals surface area contributed by atoms with Crippen molar-refractivity contribution in [3.8, 4) is 0 Å². The highest BCUT2D eigenvalue weighted by molar-refractivity contribution is 9.10. The molecule has 10 heavy (non-hydrogen) atoms. The van der Waals surface area contributed by atoms with E-state index < -0.39 is 0 Å². The number of carbonyl (C=O) groups is 1. The minimum absolute atomic E-state index is 0.269. The van der Waals surface area contributed by atoms with Crippen molar-refractivity contribution in [3.05, 3.63) is 12.2 Å². The first-order valence-corrected chi connectivity index (χ1v) is 3.97. The predicted molar refractivity (Wildman–Crippen MR) is 44.2 cm³/mol. The summed E-state index contributed by atoms with van der Waals surface area (Å²) in [6.45, 7) is 7.57. The van der Waals surface area contributed by atoms with E-state index in [1.807, 2.05) is 0 Å². The Hall–Kier alpha value is -0.310. The van der Waals surface area contributed by atoms with Crippen LogP contribution in [0.1, 0.15) is 13.8 Å². The minimum atomic E-state index is -0.354. The molecule has 0 heterocycles. The third-order valence-corrected chi connectivity index (χ3v) is 2.08. The van der Waals surface area contributed by atoms with Crippen LogP contribution in [0.25, 0.3) is 0 Å². The van der Waals surface area contributed by atoms with Crippen LogP contribution in [0.2, 0.25) is 0 Å². The third-order valence-electron chi connectivity index (χ3n) is 0.926. The number of carbonyl (C=O) groups excluding carboxylic acids is 1. The maximum Gasteiger partial charge on any atom is 0.323 e. The van der Waals surface area contributed by atoms with Gasteiger partial charge in [-0.1, -0.05) is 28.1 Å². The van der Waals surface area contributed by atoms with Gasteiger partial charge in [0.15, 0.2) is 0 Å². The molecule has 0 aromatic heterocycles. The summed E-state index contributed by atoms with van der Waals surface area (Å²) in [6, 6.07) is 0. The molecule has 0 aliphatic carbocycles. The summed E-state index contributed by atoms with van der Waals surface area (Å²) >= 11 is 3.13. The van der Waals surface area contributed by atoms with Gasteiger partial charge in [0.25, 0.3) is 0 Å². The molecule has 0 aliphatic rings. The van der Waals surface area contributed by atoms with Gasteiger partial charge in [0, 0.05) is 0 Å². The maximum absolute atomic E-state index is 10.9. The molecule has 0 saturated carbocycles. The monoisotopic (exact) mass is 206 g/mol. The number of ether oxygens (including phenoxy) is 1. The maximum atomic E-state index is 10.9. The molecule has 1 unspecified atom stereocenters. The van der Waals surface area contributed by atoms with Crippen molar-refractivity contribution in [2.75, 3.05) is 6.61 Å². The number of esters is 1. The van der Waals surface area contributed by atoms with Gasteiger partial charge in [-0.25, -0.2) is 0 Å². The number of hydrogen-bond acceptors (Lipinski definition) is 2. The zero-order valence-electron chi connectivity index (χ0n) is 6.19. The average Bonchev–Trinajstić information content (AvgIpc) is 1.87. The first-order valence-electron chi connectivity index (χ1n) is 3.05. The highest BCUT2D eigenvalue weighted by Gasteiger charge is 2.15. The highest BCUT2D eigenvalue weighted by atomic mass is 79.9. The standard InChI is InChI=1S/C7H11BrO2/c1-4-10-7(9)6(8)5(2)3/h6H,2,4H2,1,3H3. The summed E-state index contributed by atoms with van der Waals surface area (Å²) in [5, 5.41) is 0. The molecule has 0 amide bonds. The topological polar surface area (TPSA) is 26.3 Å². The minimum Gasteiger partial charge on any atom is -0.465 e. The first kappa shape index (κ1) is 9.69. The lowest BCUT2D eigenvalue weighted by Gasteiger charge is -2.06. The molecule has 0 radical (unpaired) electrons. The summed E-state index contributed by atoms with van der Waals surface area (Å²) in [5.74, 6) is -0.269. The van der Waals surface area contributed by atoms with Crippen molar-refractivity contribution in [3.63, 3.8) is 0 Å². The number of rotatable bonds is 3. The Morgan fingerprint density at radius 3 is 2.60 bits per heavy atom. The van der Waals surface area contributed by atoms with E-state index in [9.17, 15) is 4.79 Å². The van der Waals surface area contributed by atoms with Crippen molar-refractivity contribution in [1.29, 1.82) is 0 Å². The van der Waals surface area contributed by atoms with Crippen LogP contribution < -0.4 is 0 Å². The van der Waals surface area contributed by atoms with Gasteiger partial charge >= 0.3 is 5.97 Å². The molecule has 0 rings (SSSR count). The summed E-state index contributed by atoms with van der Waals surface area (Å²) in [4.78, 5) is 10.5. The van der Waals surface area contributed by atoms with Crippen molar-refractivity contribution < 1.29 is 9.53 Å². The molecule has 0 saturated heterocycles. The molecule has 0 N–H and O–H groups in total. The molecule has 1 atom stereocenters. The van der Waals surface area contributed by atoms with Gasteiger partial charge in [-0.05, 0) is 13.8 Å². The summed E-state index contributed by atoms with van der Waals surface area (Å²) in [6.07, 6.45) is 0. The first-order chi connectivity index (χ1) is 4.59. The zero-order valence-corrected chi connectivity index (χ0v) is 7.77. The van der Waals surface area contributed by atoms with Gasteiger partial charge in [-0.15, -0.1) is 0 Å². The molecule has 0 bridgehead atoms. The molecule has 3 heteroatoms. The second kappa shape index (κ2) is 4.50. The molecule has 0 fully saturated rings. The Morgan fingerprint density at radius 2 is 2.30 bits per heavy atom. The second-order valence-electron chi connectivity index (χ2n) is 1.96. The SMILES string of the molecule is C=C(C)C(Br)C(=O)OCC. The van der Waals surface area contributed by atoms with E-state index in [1.165, 1.54) is 0 Å². The number of alkyl halides is 1. The van der Waals surface area contributed by atoms with Crippen molar-refractivity contribution in [1.82, 2.24) is 0 Å². The number of hydrogen-bond donors (Lipinski definition) is 0. The van der Waals surface area contributed by atoms with Gasteiger partial charge < -0.3 is 4.74 Å². The van der Waals surface area contributed by atoms with E-state index in [2.05, 4.69) is 22.5 Å². The van der Waals surface area contributed by atoms with E-state index >= 15 is 0 Å². The van der Waals surface area contributed by atoms with Crippen molar-refractivity contribution in [2.45, 2.75) is 18.7 Å². The fourth-order valence-electron chi connectivity index (χ4n) is 0.417. The second-order valence-corrected chi connectivity index (χ2v) is 2.88. The van der Waals surface area contributed by atoms with Crippen LogP contribution in [0.15, 0.2) is 12.2 Å². The molecular formula is C7H11BrO2. The number of halogens is 1. The molecule has 0 aliphatic heterocycles. The Labute approximate surface area is 69.4 Å². The molecule has 0 spiro atoms. The van der Waals surface area contributed by atoms with E-state index in [1.54, 1.807) is 13.8 Å². The molecule has 0 aromatic rings. The van der Waals surface area contributed by atoms with Crippen molar-refractivity contribution in [2.24, 2.45) is 0 Å². The predicted octanol–water partition coefficient (Wildman–Crippen LogP) is 1.89. The fourth-order valence-corrected chi connectivity index (χ4v) is 0.549. The molecule has 0 aromatic carbocycles. The van der Waals surface area contributed by atoms with E-state index in [0.717, 1.165) is 5.57 Å². The van der Waals surface area contributed by atoms with Gasteiger partial charge in [-0.3, -0.25) is 4.79 Å². The van der Waals surface area contributed by atoms with Gasteiger partial charge in [-0.2, -0.15) is 0 Å². The quantitative estimate of drug-likeness (QED) is 0.401. The average molecular weight is 207 g/mol. The van der Waals surface area contributed by atoms with Crippen LogP contribution in [-0.2, 0) is 9.53 Å². The zero-order chi connectivity index (χ0) is 8.15. The van der Waals surface area contributed by atoms with E-state index in [0.29, 0.717) is 6.61 Å². The summed E-state index contributed by atoms with van der Waals surface area (Å²) in [5.41, 5.74) is 0.762. The van der Waals surface area contributed by atoms with Gasteiger partial charge in [0.1, 0.15) is 4.83 Å². The summed E-state index contributed by atoms with van der Waals surface area (Å²) < 4.78 is 4.72. The Balaban J connectivity index is 3.82. The smallest absolute Gasteiger partial charge is 0.323 e. The van der Waals surface area contributed by atoms with Crippen LogP contribution in [0, 0.1) is 0 Å². The van der Waals surface area contributed by atoms with Crippen LogP contribution in [0.4, 0.5) is 0 Å². The van der Waals surface area contributed by atoms with Gasteiger partial charge in [0.2, 0.25) is 0 Å². The fraction of sp³-hybridized carbons (Fsp3) is 0.571. The Bertz CT molecular complexity index is 143. The van der Waals surface area contributed by atoms with Crippen LogP contribution in [0.5, 0.6) is 0 Å². The lowest BCUT2D eigenvalue weighted by atomic mass is 10.2. The lowest BCUT2D eigenvalue weighted by Crippen LogP contribution is -2.17. The van der Waals surface area contributed by atoms with E-state index in [-0.39, 0.29) is 10.8 Å². The normalized spacial score (nSPS) is 12.3. The van der Waals surface area contributed by atoms with Crippen LogP contribution in [-0.4, -0.2) is 17.4 Å². The molecular weight excluding hydrogens is 196 g/mol. The van der Waals surface area contributed by atoms with Crippen molar-refractivity contribution >= 4 is 21.9 Å². The third kappa shape index (κ3) is 3.01. The van der Waals surface area contributed by atoms with Gasteiger partial charge in [0.05, 0.1) is 6.61 Å². The Morgan fingerprint density at radius 1 is 1.80 bits per heavy atom. The highest BCUT2D eigenvalue weighted by Crippen LogP contribution is 2.10. The molecule has 2 nitrogen and oxygen atoms in total. The van der Waals surface area contributed by atoms with E-state index in [4.69, 9.17) is 4.74 Å². The Kier molecular flexibility index (Phi) is 4.36. The lowest BCUT2D eigenvalue weighted by molar-refractivity contribution is -0.141. The summed E-state index contributed by atoms with van der Waals surface area (Å²) in [7, 11) is 0. The van der Waals surface area contributed by atoms with Crippen LogP contribution in [0.3, 0.4) is 0 Å². The largest absolute Gasteiger partial charge is 0.465 e. The molecule has 58 valence electrons.